The van der Waals surface area contributed by atoms with E-state index in [-0.39, 0.29) is 11.5 Å². The summed E-state index contributed by atoms with van der Waals surface area (Å²) in [5, 5.41) is 15.9. The third-order valence-electron chi connectivity index (χ3n) is 2.83. The van der Waals surface area contributed by atoms with Crippen LogP contribution in [0.3, 0.4) is 0 Å². The number of hydrogen-bond acceptors (Lipinski definition) is 2. The summed E-state index contributed by atoms with van der Waals surface area (Å²) in [4.78, 5) is 11.1. The molecular formula is C17H13FN2O2. The predicted octanol–water partition coefficient (Wildman–Crippen LogP) is 3.60. The molecule has 0 amide bonds. The molecule has 2 N–H and O–H groups in total. The highest BCUT2D eigenvalue weighted by Crippen LogP contribution is 2.17. The summed E-state index contributed by atoms with van der Waals surface area (Å²) in [5.41, 5.74) is 1.76. The zero-order valence-electron chi connectivity index (χ0n) is 11.9. The van der Waals surface area contributed by atoms with Crippen molar-refractivity contribution in [3.05, 3.63) is 65.7 Å². The molecule has 0 fully saturated rings. The highest BCUT2D eigenvalue weighted by molar-refractivity contribution is 6.01. The van der Waals surface area contributed by atoms with E-state index in [1.54, 1.807) is 18.2 Å². The Bertz CT molecular complexity index is 860. The quantitative estimate of drug-likeness (QED) is 0.672. The molecule has 0 atom stereocenters. The van der Waals surface area contributed by atoms with E-state index in [4.69, 9.17) is 5.11 Å². The SMILES string of the molecule is C=C/C(C#Cc1ccc2[nH]nc(C(=O)O)c2c1)=C\C=C(\C)F. The Hall–Kier alpha value is -3.13. The summed E-state index contributed by atoms with van der Waals surface area (Å²) in [7, 11) is 0. The van der Waals surface area contributed by atoms with Gasteiger partial charge in [-0.2, -0.15) is 5.10 Å². The van der Waals surface area contributed by atoms with Gasteiger partial charge in [-0.15, -0.1) is 0 Å². The van der Waals surface area contributed by atoms with Gasteiger partial charge in [-0.25, -0.2) is 9.18 Å². The Morgan fingerprint density at radius 3 is 2.86 bits per heavy atom. The molecule has 22 heavy (non-hydrogen) atoms. The Balaban J connectivity index is 2.40. The first-order valence-corrected chi connectivity index (χ1v) is 6.41. The summed E-state index contributed by atoms with van der Waals surface area (Å²) >= 11 is 0. The number of allylic oxidation sites excluding steroid dienone is 5. The monoisotopic (exact) mass is 296 g/mol. The molecule has 0 unspecified atom stereocenters. The lowest BCUT2D eigenvalue weighted by Gasteiger charge is -1.93. The number of nitrogens with zero attached hydrogens (tertiary/aromatic N) is 1. The van der Waals surface area contributed by atoms with Crippen LogP contribution in [0.4, 0.5) is 4.39 Å². The van der Waals surface area contributed by atoms with Gasteiger partial charge < -0.3 is 5.11 Å². The summed E-state index contributed by atoms with van der Waals surface area (Å²) < 4.78 is 12.7. The van der Waals surface area contributed by atoms with E-state index >= 15 is 0 Å². The molecular weight excluding hydrogens is 283 g/mol. The fraction of sp³-hybridized carbons (Fsp3) is 0.0588. The van der Waals surface area contributed by atoms with Gasteiger partial charge in [-0.3, -0.25) is 5.10 Å². The van der Waals surface area contributed by atoms with Crippen LogP contribution >= 0.6 is 0 Å². The van der Waals surface area contributed by atoms with E-state index in [1.807, 2.05) is 0 Å². The van der Waals surface area contributed by atoms with Gasteiger partial charge in [0.1, 0.15) is 0 Å². The Kier molecular flexibility index (Phi) is 4.54. The predicted molar refractivity (Wildman–Crippen MR) is 83.1 cm³/mol. The lowest BCUT2D eigenvalue weighted by molar-refractivity contribution is 0.0692. The summed E-state index contributed by atoms with van der Waals surface area (Å²) in [5.74, 6) is 4.31. The minimum absolute atomic E-state index is 0.0471. The van der Waals surface area contributed by atoms with Crippen molar-refractivity contribution in [2.24, 2.45) is 0 Å². The van der Waals surface area contributed by atoms with Crippen LogP contribution in [0.5, 0.6) is 0 Å². The largest absolute Gasteiger partial charge is 0.476 e. The van der Waals surface area contributed by atoms with Crippen LogP contribution in [-0.4, -0.2) is 21.3 Å². The zero-order valence-corrected chi connectivity index (χ0v) is 11.9. The van der Waals surface area contributed by atoms with Crippen LogP contribution in [0.2, 0.25) is 0 Å². The molecule has 5 heteroatoms. The number of carboxylic acid groups (broad SMARTS) is 1. The van der Waals surface area contributed by atoms with Crippen molar-refractivity contribution in [2.45, 2.75) is 6.92 Å². The van der Waals surface area contributed by atoms with Crippen molar-refractivity contribution in [2.75, 3.05) is 0 Å². The van der Waals surface area contributed by atoms with Crippen LogP contribution in [0.15, 0.2) is 54.4 Å². The van der Waals surface area contributed by atoms with Gasteiger partial charge in [0, 0.05) is 16.5 Å². The lowest BCUT2D eigenvalue weighted by Crippen LogP contribution is -1.96. The van der Waals surface area contributed by atoms with E-state index in [9.17, 15) is 9.18 Å². The number of halogens is 1. The minimum atomic E-state index is -1.11. The fourth-order valence-corrected chi connectivity index (χ4v) is 1.76. The molecule has 110 valence electrons. The van der Waals surface area contributed by atoms with Crippen molar-refractivity contribution in [3.8, 4) is 11.8 Å². The number of aromatic amines is 1. The van der Waals surface area contributed by atoms with Gasteiger partial charge in [0.05, 0.1) is 11.3 Å². The number of aromatic nitrogens is 2. The third kappa shape index (κ3) is 3.49. The first kappa shape index (κ1) is 15.3. The first-order chi connectivity index (χ1) is 10.5. The van der Waals surface area contributed by atoms with Crippen molar-refractivity contribution >= 4 is 16.9 Å². The molecule has 0 saturated carbocycles. The van der Waals surface area contributed by atoms with E-state index < -0.39 is 5.97 Å². The van der Waals surface area contributed by atoms with Gasteiger partial charge in [0.25, 0.3) is 0 Å². The average molecular weight is 296 g/mol. The molecule has 0 radical (unpaired) electrons. The number of aromatic carboxylic acids is 1. The van der Waals surface area contributed by atoms with Crippen molar-refractivity contribution < 1.29 is 14.3 Å². The molecule has 0 bridgehead atoms. The van der Waals surface area contributed by atoms with E-state index in [0.717, 1.165) is 0 Å². The second-order valence-electron chi connectivity index (χ2n) is 4.47. The van der Waals surface area contributed by atoms with E-state index in [1.165, 1.54) is 25.2 Å². The minimum Gasteiger partial charge on any atom is -0.476 e. The molecule has 2 rings (SSSR count). The number of benzene rings is 1. The molecule has 4 nitrogen and oxygen atoms in total. The number of carbonyl (C=O) groups is 1. The number of nitrogens with one attached hydrogen (secondary N) is 1. The van der Waals surface area contributed by atoms with Crippen molar-refractivity contribution in [3.63, 3.8) is 0 Å². The average Bonchev–Trinajstić information content (AvgIpc) is 2.90. The van der Waals surface area contributed by atoms with Crippen LogP contribution in [0.25, 0.3) is 10.9 Å². The highest BCUT2D eigenvalue weighted by atomic mass is 19.1. The molecule has 0 saturated heterocycles. The van der Waals surface area contributed by atoms with E-state index in [2.05, 4.69) is 28.6 Å². The molecule has 1 aromatic heterocycles. The van der Waals surface area contributed by atoms with Crippen LogP contribution < -0.4 is 0 Å². The maximum Gasteiger partial charge on any atom is 0.357 e. The zero-order chi connectivity index (χ0) is 16.1. The number of hydrogen-bond donors (Lipinski definition) is 2. The third-order valence-corrected chi connectivity index (χ3v) is 2.83. The van der Waals surface area contributed by atoms with Crippen LogP contribution in [-0.2, 0) is 0 Å². The van der Waals surface area contributed by atoms with Gasteiger partial charge in [-0.1, -0.05) is 24.5 Å². The van der Waals surface area contributed by atoms with Gasteiger partial charge >= 0.3 is 5.97 Å². The second kappa shape index (κ2) is 6.55. The maximum absolute atomic E-state index is 12.7. The van der Waals surface area contributed by atoms with Crippen molar-refractivity contribution in [1.29, 1.82) is 0 Å². The molecule has 1 aromatic carbocycles. The number of fused-ring (bicyclic) bond motifs is 1. The van der Waals surface area contributed by atoms with E-state index in [0.29, 0.717) is 22.0 Å². The number of carboxylic acids is 1. The molecule has 0 spiro atoms. The van der Waals surface area contributed by atoms with Crippen LogP contribution in [0, 0.1) is 11.8 Å². The Labute approximate surface area is 126 Å². The summed E-state index contributed by atoms with van der Waals surface area (Å²) in [6, 6.07) is 5.10. The van der Waals surface area contributed by atoms with Crippen LogP contribution in [0.1, 0.15) is 23.0 Å². The topological polar surface area (TPSA) is 66.0 Å². The lowest BCUT2D eigenvalue weighted by atomic mass is 10.1. The molecule has 2 aromatic rings. The Morgan fingerprint density at radius 2 is 2.23 bits per heavy atom. The summed E-state index contributed by atoms with van der Waals surface area (Å²) in [6.07, 6.45) is 4.34. The first-order valence-electron chi connectivity index (χ1n) is 6.41. The normalized spacial score (nSPS) is 11.9. The number of H-pyrrole nitrogens is 1. The van der Waals surface area contributed by atoms with Crippen molar-refractivity contribution in [1.82, 2.24) is 10.2 Å². The molecule has 0 aliphatic rings. The fourth-order valence-electron chi connectivity index (χ4n) is 1.76. The summed E-state index contributed by atoms with van der Waals surface area (Å²) in [6.45, 7) is 4.95. The van der Waals surface area contributed by atoms with Gasteiger partial charge in [0.15, 0.2) is 5.69 Å². The smallest absolute Gasteiger partial charge is 0.357 e. The second-order valence-corrected chi connectivity index (χ2v) is 4.47. The molecule has 0 aliphatic carbocycles. The van der Waals surface area contributed by atoms with Gasteiger partial charge in [0.2, 0.25) is 0 Å². The highest BCUT2D eigenvalue weighted by Gasteiger charge is 2.12. The standard InChI is InChI=1S/C17H13FN2O2/c1-3-12(5-4-11(2)18)6-7-13-8-9-15-14(10-13)16(17(21)22)20-19-15/h3-5,8-10H,1H2,2H3,(H,19,20)(H,21,22)/b11-4-,12-5+. The van der Waals surface area contributed by atoms with Gasteiger partial charge in [-0.05, 0) is 37.3 Å². The maximum atomic E-state index is 12.7. The Morgan fingerprint density at radius 1 is 1.45 bits per heavy atom. The molecule has 0 aliphatic heterocycles. The molecule has 1 heterocycles. The number of rotatable bonds is 3.